The zero-order chi connectivity index (χ0) is 32.4. The van der Waals surface area contributed by atoms with Gasteiger partial charge in [-0.3, -0.25) is 9.55 Å². The normalized spacial score (nSPS) is 12.0. The van der Waals surface area contributed by atoms with E-state index in [4.69, 9.17) is 19.4 Å². The van der Waals surface area contributed by atoms with Crippen molar-refractivity contribution in [3.8, 4) is 39.5 Å². The summed E-state index contributed by atoms with van der Waals surface area (Å²) in [6.07, 6.45) is 0. The number of aryl methyl sites for hydroxylation is 3. The van der Waals surface area contributed by atoms with Crippen molar-refractivity contribution in [3.63, 3.8) is 0 Å². The van der Waals surface area contributed by atoms with Crippen molar-refractivity contribution in [1.29, 1.82) is 0 Å². The molecule has 8 rings (SSSR count). The van der Waals surface area contributed by atoms with E-state index in [1.165, 1.54) is 5.56 Å². The number of fused-ring (bicyclic) bond motifs is 4. The Bertz CT molecular complexity index is 2400. The van der Waals surface area contributed by atoms with Gasteiger partial charge in [0.1, 0.15) is 16.8 Å². The first-order valence-corrected chi connectivity index (χ1v) is 16.1. The zero-order valence-electron chi connectivity index (χ0n) is 27.6. The lowest BCUT2D eigenvalue weighted by Gasteiger charge is -2.26. The topological polar surface area (TPSA) is 56.7 Å². The fourth-order valence-corrected chi connectivity index (χ4v) is 6.79. The standard InChI is InChI=1S/C42H36N4O/c1-25-14-13-19-35-37(25)38-36(47-35)21-20-33(44-38)41-45-34-22-26(2)43-27(3)39(34)46(41)40-31(28-15-9-7-10-16-28)23-30(42(4,5)6)24-32(40)29-17-11-8-12-18-29/h7-24H,1-6H3. The van der Waals surface area contributed by atoms with Crippen LogP contribution >= 0.6 is 0 Å². The number of nitrogens with zero attached hydrogens (tertiary/aromatic N) is 4. The Morgan fingerprint density at radius 1 is 0.638 bits per heavy atom. The van der Waals surface area contributed by atoms with Gasteiger partial charge >= 0.3 is 0 Å². The number of benzene rings is 4. The zero-order valence-corrected chi connectivity index (χ0v) is 27.6. The van der Waals surface area contributed by atoms with Crippen LogP contribution in [0.25, 0.3) is 72.6 Å². The highest BCUT2D eigenvalue weighted by atomic mass is 16.3. The molecule has 5 heteroatoms. The van der Waals surface area contributed by atoms with Gasteiger partial charge in [-0.25, -0.2) is 9.97 Å². The predicted molar refractivity (Wildman–Crippen MR) is 193 cm³/mol. The van der Waals surface area contributed by atoms with Crippen molar-refractivity contribution >= 4 is 33.1 Å². The van der Waals surface area contributed by atoms with Crippen LogP contribution in [0.3, 0.4) is 0 Å². The molecule has 4 aromatic heterocycles. The highest BCUT2D eigenvalue weighted by Crippen LogP contribution is 2.44. The third kappa shape index (κ3) is 4.81. The van der Waals surface area contributed by atoms with Gasteiger partial charge < -0.3 is 4.42 Å². The first-order chi connectivity index (χ1) is 22.7. The highest BCUT2D eigenvalue weighted by Gasteiger charge is 2.27. The largest absolute Gasteiger partial charge is 0.454 e. The van der Waals surface area contributed by atoms with Crippen LogP contribution in [0, 0.1) is 20.8 Å². The number of furan rings is 1. The van der Waals surface area contributed by atoms with Gasteiger partial charge in [0.15, 0.2) is 11.4 Å². The van der Waals surface area contributed by atoms with Crippen LogP contribution in [0.15, 0.2) is 114 Å². The van der Waals surface area contributed by atoms with Crippen molar-refractivity contribution in [2.75, 3.05) is 0 Å². The Labute approximate surface area is 274 Å². The Hall–Kier alpha value is -5.55. The third-order valence-corrected chi connectivity index (χ3v) is 9.08. The molecular formula is C42H36N4O. The minimum atomic E-state index is -0.0766. The predicted octanol–water partition coefficient (Wildman–Crippen LogP) is 10.9. The molecule has 0 saturated heterocycles. The van der Waals surface area contributed by atoms with Crippen LogP contribution < -0.4 is 0 Å². The SMILES string of the molecule is Cc1cc2nc(-c3ccc4oc5cccc(C)c5c4n3)n(-c3c(-c4ccccc4)cc(C(C)(C)C)cc3-c3ccccc3)c2c(C)n1. The van der Waals surface area contributed by atoms with Crippen molar-refractivity contribution in [3.05, 3.63) is 132 Å². The minimum absolute atomic E-state index is 0.0766. The molecule has 0 amide bonds. The lowest BCUT2D eigenvalue weighted by atomic mass is 9.82. The van der Waals surface area contributed by atoms with Crippen LogP contribution in [0.2, 0.25) is 0 Å². The van der Waals surface area contributed by atoms with E-state index in [9.17, 15) is 0 Å². The third-order valence-electron chi connectivity index (χ3n) is 9.08. The maximum atomic E-state index is 6.23. The average molecular weight is 613 g/mol. The Morgan fingerprint density at radius 3 is 1.94 bits per heavy atom. The van der Waals surface area contributed by atoms with Gasteiger partial charge in [0.25, 0.3) is 0 Å². The maximum absolute atomic E-state index is 6.23. The summed E-state index contributed by atoms with van der Waals surface area (Å²) < 4.78 is 8.54. The summed E-state index contributed by atoms with van der Waals surface area (Å²) in [4.78, 5) is 15.6. The van der Waals surface area contributed by atoms with Crippen molar-refractivity contribution < 1.29 is 4.42 Å². The molecule has 0 saturated carbocycles. The summed E-state index contributed by atoms with van der Waals surface area (Å²) in [7, 11) is 0. The fraction of sp³-hybridized carbons (Fsp3) is 0.167. The molecule has 4 aromatic carbocycles. The molecule has 5 nitrogen and oxygen atoms in total. The molecule has 0 fully saturated rings. The number of hydrogen-bond acceptors (Lipinski definition) is 4. The first kappa shape index (κ1) is 28.9. The smallest absolute Gasteiger partial charge is 0.164 e. The Morgan fingerprint density at radius 2 is 1.30 bits per heavy atom. The van der Waals surface area contributed by atoms with Crippen LogP contribution in [0.4, 0.5) is 0 Å². The molecular weight excluding hydrogens is 576 g/mol. The lowest BCUT2D eigenvalue weighted by molar-refractivity contribution is 0.590. The molecule has 0 radical (unpaired) electrons. The second kappa shape index (κ2) is 10.8. The summed E-state index contributed by atoms with van der Waals surface area (Å²) in [5, 5.41) is 1.03. The molecule has 0 atom stereocenters. The lowest BCUT2D eigenvalue weighted by Crippen LogP contribution is -2.13. The van der Waals surface area contributed by atoms with E-state index >= 15 is 0 Å². The Kier molecular flexibility index (Phi) is 6.62. The number of aromatic nitrogens is 4. The van der Waals surface area contributed by atoms with Crippen LogP contribution in [0.1, 0.15) is 43.3 Å². The number of hydrogen-bond donors (Lipinski definition) is 0. The van der Waals surface area contributed by atoms with E-state index in [0.29, 0.717) is 0 Å². The molecule has 0 spiro atoms. The molecule has 0 unspecified atom stereocenters. The fourth-order valence-electron chi connectivity index (χ4n) is 6.79. The van der Waals surface area contributed by atoms with E-state index in [-0.39, 0.29) is 5.41 Å². The molecule has 47 heavy (non-hydrogen) atoms. The minimum Gasteiger partial charge on any atom is -0.454 e. The highest BCUT2D eigenvalue weighted by molar-refractivity contribution is 6.05. The van der Waals surface area contributed by atoms with Gasteiger partial charge in [0, 0.05) is 22.2 Å². The summed E-state index contributed by atoms with van der Waals surface area (Å²) >= 11 is 0. The summed E-state index contributed by atoms with van der Waals surface area (Å²) in [5.41, 5.74) is 14.8. The van der Waals surface area contributed by atoms with Gasteiger partial charge in [-0.05, 0) is 84.8 Å². The number of pyridine rings is 2. The summed E-state index contributed by atoms with van der Waals surface area (Å²) in [6.45, 7) is 13.0. The molecule has 230 valence electrons. The Balaban J connectivity index is 1.55. The molecule has 0 aliphatic heterocycles. The summed E-state index contributed by atoms with van der Waals surface area (Å²) in [6, 6.07) is 38.3. The van der Waals surface area contributed by atoms with Gasteiger partial charge in [0.2, 0.25) is 0 Å². The van der Waals surface area contributed by atoms with E-state index < -0.39 is 0 Å². The van der Waals surface area contributed by atoms with E-state index in [0.717, 1.165) is 89.5 Å². The van der Waals surface area contributed by atoms with Crippen molar-refractivity contribution in [2.24, 2.45) is 0 Å². The van der Waals surface area contributed by atoms with Crippen LogP contribution in [-0.2, 0) is 5.41 Å². The molecule has 0 aliphatic rings. The van der Waals surface area contributed by atoms with Gasteiger partial charge in [-0.1, -0.05) is 93.6 Å². The van der Waals surface area contributed by atoms with Gasteiger partial charge in [-0.2, -0.15) is 0 Å². The first-order valence-electron chi connectivity index (χ1n) is 16.1. The molecule has 0 bridgehead atoms. The van der Waals surface area contributed by atoms with E-state index in [1.54, 1.807) is 0 Å². The van der Waals surface area contributed by atoms with E-state index in [1.807, 2.05) is 31.2 Å². The summed E-state index contributed by atoms with van der Waals surface area (Å²) in [5.74, 6) is 0.762. The van der Waals surface area contributed by atoms with Crippen molar-refractivity contribution in [2.45, 2.75) is 47.0 Å². The van der Waals surface area contributed by atoms with Gasteiger partial charge in [-0.15, -0.1) is 0 Å². The molecule has 0 aliphatic carbocycles. The molecule has 4 heterocycles. The van der Waals surface area contributed by atoms with E-state index in [2.05, 4.69) is 124 Å². The second-order valence-electron chi connectivity index (χ2n) is 13.5. The molecule has 8 aromatic rings. The van der Waals surface area contributed by atoms with Crippen LogP contribution in [-0.4, -0.2) is 19.5 Å². The average Bonchev–Trinajstić information content (AvgIpc) is 3.63. The van der Waals surface area contributed by atoms with Crippen LogP contribution in [0.5, 0.6) is 0 Å². The maximum Gasteiger partial charge on any atom is 0.164 e. The second-order valence-corrected chi connectivity index (χ2v) is 13.5. The van der Waals surface area contributed by atoms with Crippen molar-refractivity contribution in [1.82, 2.24) is 19.5 Å². The van der Waals surface area contributed by atoms with Gasteiger partial charge in [0.05, 0.1) is 22.4 Å². The number of rotatable bonds is 4. The monoisotopic (exact) mass is 612 g/mol. The molecule has 0 N–H and O–H groups in total. The quantitative estimate of drug-likeness (QED) is 0.198. The number of imidazole rings is 1.